The Morgan fingerprint density at radius 3 is 1.94 bits per heavy atom. The van der Waals surface area contributed by atoms with Crippen LogP contribution in [-0.2, 0) is 14.3 Å². The van der Waals surface area contributed by atoms with Crippen LogP contribution in [-0.4, -0.2) is 35.6 Å². The summed E-state index contributed by atoms with van der Waals surface area (Å²) in [5, 5.41) is 8.92. The average molecular weight is 231 g/mol. The molecule has 16 heavy (non-hydrogen) atoms. The first-order valence-corrected chi connectivity index (χ1v) is 5.87. The molecular weight excluding hydrogens is 210 g/mol. The van der Waals surface area contributed by atoms with Crippen molar-refractivity contribution in [3.05, 3.63) is 0 Å². The molecule has 1 aliphatic heterocycles. The molecule has 1 spiro atoms. The second kappa shape index (κ2) is 5.12. The molecule has 0 aromatic heterocycles. The molecular formula is C11H21NO4. The first-order chi connectivity index (χ1) is 7.56. The molecule has 1 aliphatic carbocycles. The lowest BCUT2D eigenvalue weighted by Crippen LogP contribution is -2.54. The van der Waals surface area contributed by atoms with Crippen molar-refractivity contribution in [2.45, 2.75) is 50.9 Å². The molecule has 0 atom stereocenters. The Hall–Kier alpha value is -0.650. The molecule has 1 heterocycles. The Morgan fingerprint density at radius 2 is 1.56 bits per heavy atom. The lowest BCUT2D eigenvalue weighted by Gasteiger charge is -2.38. The van der Waals surface area contributed by atoms with Gasteiger partial charge in [-0.1, -0.05) is 13.8 Å². The van der Waals surface area contributed by atoms with Crippen LogP contribution in [0.15, 0.2) is 0 Å². The summed E-state index contributed by atoms with van der Waals surface area (Å²) in [6, 6.07) is 0. The highest BCUT2D eigenvalue weighted by Crippen LogP contribution is 2.39. The number of carboxylic acid groups (broad SMARTS) is 1. The van der Waals surface area contributed by atoms with Crippen molar-refractivity contribution in [2.24, 2.45) is 5.73 Å². The zero-order chi connectivity index (χ0) is 12.2. The van der Waals surface area contributed by atoms with Gasteiger partial charge in [0, 0.05) is 12.8 Å². The van der Waals surface area contributed by atoms with E-state index in [9.17, 15) is 4.79 Å². The molecule has 1 saturated carbocycles. The second-order valence-electron chi connectivity index (χ2n) is 4.07. The number of rotatable bonds is 1. The highest BCUT2D eigenvalue weighted by Gasteiger charge is 2.47. The summed E-state index contributed by atoms with van der Waals surface area (Å²) < 4.78 is 11.0. The third-order valence-corrected chi connectivity index (χ3v) is 3.14. The van der Waals surface area contributed by atoms with E-state index in [0.29, 0.717) is 38.9 Å². The van der Waals surface area contributed by atoms with Crippen LogP contribution in [0.5, 0.6) is 0 Å². The topological polar surface area (TPSA) is 81.8 Å². The van der Waals surface area contributed by atoms with Crippen LogP contribution in [0.4, 0.5) is 0 Å². The Morgan fingerprint density at radius 1 is 1.12 bits per heavy atom. The first kappa shape index (κ1) is 13.4. The molecule has 2 rings (SSSR count). The van der Waals surface area contributed by atoms with Crippen molar-refractivity contribution in [3.63, 3.8) is 0 Å². The number of hydrogen-bond donors (Lipinski definition) is 2. The van der Waals surface area contributed by atoms with Gasteiger partial charge in [0.05, 0.1) is 13.2 Å². The molecule has 0 radical (unpaired) electrons. The molecule has 2 aliphatic rings. The van der Waals surface area contributed by atoms with E-state index in [2.05, 4.69) is 0 Å². The van der Waals surface area contributed by atoms with Gasteiger partial charge in [0.25, 0.3) is 0 Å². The fourth-order valence-electron chi connectivity index (χ4n) is 2.08. The van der Waals surface area contributed by atoms with Gasteiger partial charge in [0.1, 0.15) is 5.54 Å². The van der Waals surface area contributed by atoms with Crippen molar-refractivity contribution in [2.75, 3.05) is 13.2 Å². The standard InChI is InChI=1S/C9H15NO4.C2H6/c10-8(7(11)12)1-3-9(4-2-8)13-5-6-14-9;1-2/h1-6,10H2,(H,11,12);1-2H3. The van der Waals surface area contributed by atoms with E-state index in [0.717, 1.165) is 0 Å². The fraction of sp³-hybridized carbons (Fsp3) is 0.909. The lowest BCUT2D eigenvalue weighted by atomic mass is 9.79. The molecule has 0 amide bonds. The summed E-state index contributed by atoms with van der Waals surface area (Å²) in [4.78, 5) is 10.9. The van der Waals surface area contributed by atoms with E-state index >= 15 is 0 Å². The van der Waals surface area contributed by atoms with Gasteiger partial charge in [-0.3, -0.25) is 4.79 Å². The summed E-state index contributed by atoms with van der Waals surface area (Å²) in [6.07, 6.45) is 2.00. The zero-order valence-electron chi connectivity index (χ0n) is 9.99. The van der Waals surface area contributed by atoms with Gasteiger partial charge < -0.3 is 20.3 Å². The van der Waals surface area contributed by atoms with E-state index in [4.69, 9.17) is 20.3 Å². The van der Waals surface area contributed by atoms with Crippen molar-refractivity contribution in [3.8, 4) is 0 Å². The van der Waals surface area contributed by atoms with Crippen molar-refractivity contribution >= 4 is 5.97 Å². The number of aliphatic carboxylic acids is 1. The average Bonchev–Trinajstić information content (AvgIpc) is 2.75. The second-order valence-corrected chi connectivity index (χ2v) is 4.07. The molecule has 5 nitrogen and oxygen atoms in total. The van der Waals surface area contributed by atoms with Crippen molar-refractivity contribution in [1.29, 1.82) is 0 Å². The fourth-order valence-corrected chi connectivity index (χ4v) is 2.08. The summed E-state index contributed by atoms with van der Waals surface area (Å²) in [5.41, 5.74) is 4.66. The summed E-state index contributed by atoms with van der Waals surface area (Å²) in [5.74, 6) is -1.46. The molecule has 0 aromatic rings. The summed E-state index contributed by atoms with van der Waals surface area (Å²) in [6.45, 7) is 5.20. The van der Waals surface area contributed by atoms with Gasteiger partial charge in [-0.05, 0) is 12.8 Å². The minimum atomic E-state index is -1.08. The number of hydrogen-bond acceptors (Lipinski definition) is 4. The molecule has 94 valence electrons. The van der Waals surface area contributed by atoms with Crippen LogP contribution < -0.4 is 5.73 Å². The predicted octanol–water partition coefficient (Wildman–Crippen LogP) is 1.11. The number of ether oxygens (including phenoxy) is 2. The third-order valence-electron chi connectivity index (χ3n) is 3.14. The van der Waals surface area contributed by atoms with E-state index in [-0.39, 0.29) is 0 Å². The van der Waals surface area contributed by atoms with E-state index in [1.807, 2.05) is 13.8 Å². The number of carbonyl (C=O) groups is 1. The van der Waals surface area contributed by atoms with E-state index < -0.39 is 17.3 Å². The molecule has 0 unspecified atom stereocenters. The minimum Gasteiger partial charge on any atom is -0.480 e. The highest BCUT2D eigenvalue weighted by molar-refractivity contribution is 5.78. The van der Waals surface area contributed by atoms with Crippen LogP contribution in [0.3, 0.4) is 0 Å². The Balaban J connectivity index is 0.000000606. The third kappa shape index (κ3) is 2.53. The van der Waals surface area contributed by atoms with Crippen LogP contribution in [0, 0.1) is 0 Å². The predicted molar refractivity (Wildman–Crippen MR) is 59.0 cm³/mol. The first-order valence-electron chi connectivity index (χ1n) is 5.87. The van der Waals surface area contributed by atoms with Crippen LogP contribution in [0.25, 0.3) is 0 Å². The normalized spacial score (nSPS) is 25.9. The molecule has 3 N–H and O–H groups in total. The Labute approximate surface area is 95.9 Å². The SMILES string of the molecule is CC.NC1(C(=O)O)CCC2(CC1)OCCO2. The van der Waals surface area contributed by atoms with Crippen molar-refractivity contribution in [1.82, 2.24) is 0 Å². The monoisotopic (exact) mass is 231 g/mol. The van der Waals surface area contributed by atoms with E-state index in [1.165, 1.54) is 0 Å². The van der Waals surface area contributed by atoms with Crippen molar-refractivity contribution < 1.29 is 19.4 Å². The zero-order valence-corrected chi connectivity index (χ0v) is 9.99. The van der Waals surface area contributed by atoms with Gasteiger partial charge in [0.15, 0.2) is 5.79 Å². The van der Waals surface area contributed by atoms with E-state index in [1.54, 1.807) is 0 Å². The summed E-state index contributed by atoms with van der Waals surface area (Å²) in [7, 11) is 0. The van der Waals surface area contributed by atoms with Gasteiger partial charge in [-0.2, -0.15) is 0 Å². The van der Waals surface area contributed by atoms with Gasteiger partial charge in [0.2, 0.25) is 0 Å². The highest BCUT2D eigenvalue weighted by atomic mass is 16.7. The van der Waals surface area contributed by atoms with Crippen LogP contribution in [0.1, 0.15) is 39.5 Å². The van der Waals surface area contributed by atoms with Gasteiger partial charge in [-0.15, -0.1) is 0 Å². The molecule has 5 heteroatoms. The summed E-state index contributed by atoms with van der Waals surface area (Å²) >= 11 is 0. The smallest absolute Gasteiger partial charge is 0.323 e. The number of carboxylic acids is 1. The number of nitrogens with two attached hydrogens (primary N) is 1. The van der Waals surface area contributed by atoms with Crippen LogP contribution >= 0.6 is 0 Å². The quantitative estimate of drug-likeness (QED) is 0.706. The maximum absolute atomic E-state index is 10.9. The van der Waals surface area contributed by atoms with Gasteiger partial charge >= 0.3 is 5.97 Å². The molecule has 2 fully saturated rings. The van der Waals surface area contributed by atoms with Crippen LogP contribution in [0.2, 0.25) is 0 Å². The van der Waals surface area contributed by atoms with Gasteiger partial charge in [-0.25, -0.2) is 0 Å². The maximum Gasteiger partial charge on any atom is 0.323 e. The Bertz CT molecular complexity index is 238. The maximum atomic E-state index is 10.9. The molecule has 0 bridgehead atoms. The molecule has 1 saturated heterocycles. The lowest BCUT2D eigenvalue weighted by molar-refractivity contribution is -0.188. The largest absolute Gasteiger partial charge is 0.480 e. The Kier molecular flexibility index (Phi) is 4.29. The molecule has 0 aromatic carbocycles. The minimum absolute atomic E-state index is 0.419.